The third-order valence-corrected chi connectivity index (χ3v) is 3.44. The van der Waals surface area contributed by atoms with Crippen molar-refractivity contribution in [2.45, 2.75) is 33.2 Å². The fourth-order valence-electron chi connectivity index (χ4n) is 2.34. The highest BCUT2D eigenvalue weighted by Crippen LogP contribution is 2.25. The molecule has 0 aliphatic heterocycles. The molecule has 2 N–H and O–H groups in total. The highest BCUT2D eigenvalue weighted by Gasteiger charge is 2.21. The van der Waals surface area contributed by atoms with Crippen LogP contribution >= 0.6 is 0 Å². The van der Waals surface area contributed by atoms with Crippen molar-refractivity contribution in [1.29, 1.82) is 5.26 Å². The third kappa shape index (κ3) is 4.23. The number of nitrogens with one attached hydrogen (secondary N) is 2. The summed E-state index contributed by atoms with van der Waals surface area (Å²) in [4.78, 5) is 23.6. The van der Waals surface area contributed by atoms with Gasteiger partial charge in [-0.3, -0.25) is 9.59 Å². The van der Waals surface area contributed by atoms with Gasteiger partial charge < -0.3 is 15.2 Å². The maximum Gasteiger partial charge on any atom is 0.259 e. The molecule has 0 aliphatic rings. The van der Waals surface area contributed by atoms with Crippen LogP contribution < -0.4 is 10.6 Å². The summed E-state index contributed by atoms with van der Waals surface area (Å²) >= 11 is 0. The number of hydrogen-bond acceptors (Lipinski definition) is 3. The number of nitrogens with zero attached hydrogens (tertiary/aromatic N) is 2. The molecule has 0 spiro atoms. The number of carbonyl (C=O) groups excluding carboxylic acids is 2. The maximum atomic E-state index is 14.0. The third-order valence-electron chi connectivity index (χ3n) is 3.44. The van der Waals surface area contributed by atoms with E-state index in [1.165, 1.54) is 25.1 Å². The predicted octanol–water partition coefficient (Wildman–Crippen LogP) is 3.46. The molecule has 0 aliphatic carbocycles. The van der Waals surface area contributed by atoms with Gasteiger partial charge in [0, 0.05) is 24.3 Å². The van der Waals surface area contributed by atoms with Crippen LogP contribution in [0.5, 0.6) is 0 Å². The number of hydrogen-bond donors (Lipinski definition) is 2. The van der Waals surface area contributed by atoms with Gasteiger partial charge in [-0.15, -0.1) is 0 Å². The Morgan fingerprint density at radius 3 is 2.44 bits per heavy atom. The summed E-state index contributed by atoms with van der Waals surface area (Å²) in [6, 6.07) is 7.30. The summed E-state index contributed by atoms with van der Waals surface area (Å²) in [5.41, 5.74) is 0.126. The van der Waals surface area contributed by atoms with Gasteiger partial charge in [-0.05, 0) is 45.0 Å². The SMILES string of the molecule is CC(=O)Nc1ccc(F)c(C(=O)Nc2cc(C#N)cn2C(C)(C)C)c1. The molecule has 6 nitrogen and oxygen atoms in total. The van der Waals surface area contributed by atoms with E-state index in [0.717, 1.165) is 6.07 Å². The van der Waals surface area contributed by atoms with Crippen molar-refractivity contribution in [3.8, 4) is 6.07 Å². The minimum atomic E-state index is -0.707. The van der Waals surface area contributed by atoms with E-state index in [4.69, 9.17) is 5.26 Å². The Labute approximate surface area is 145 Å². The minimum absolute atomic E-state index is 0.202. The lowest BCUT2D eigenvalue weighted by atomic mass is 10.1. The van der Waals surface area contributed by atoms with Gasteiger partial charge in [0.15, 0.2) is 0 Å². The van der Waals surface area contributed by atoms with Gasteiger partial charge in [0.2, 0.25) is 5.91 Å². The van der Waals surface area contributed by atoms with E-state index >= 15 is 0 Å². The zero-order valence-corrected chi connectivity index (χ0v) is 14.5. The molecule has 0 unspecified atom stereocenters. The van der Waals surface area contributed by atoms with Gasteiger partial charge in [-0.1, -0.05) is 0 Å². The normalized spacial score (nSPS) is 10.9. The molecule has 0 bridgehead atoms. The van der Waals surface area contributed by atoms with E-state index in [2.05, 4.69) is 10.6 Å². The van der Waals surface area contributed by atoms with Crippen LogP contribution in [0, 0.1) is 17.1 Å². The van der Waals surface area contributed by atoms with Crippen LogP contribution in [-0.2, 0) is 10.3 Å². The summed E-state index contributed by atoms with van der Waals surface area (Å²) in [6.07, 6.45) is 1.62. The smallest absolute Gasteiger partial charge is 0.259 e. The van der Waals surface area contributed by atoms with Gasteiger partial charge in [0.05, 0.1) is 11.1 Å². The number of halogens is 1. The lowest BCUT2D eigenvalue weighted by molar-refractivity contribution is -0.114. The molecule has 130 valence electrons. The van der Waals surface area contributed by atoms with Gasteiger partial charge in [0.1, 0.15) is 17.7 Å². The highest BCUT2D eigenvalue weighted by molar-refractivity contribution is 6.05. The Morgan fingerprint density at radius 1 is 1.20 bits per heavy atom. The summed E-state index contributed by atoms with van der Waals surface area (Å²) in [5, 5.41) is 14.2. The number of rotatable bonds is 3. The Hall–Kier alpha value is -3.14. The quantitative estimate of drug-likeness (QED) is 0.895. The van der Waals surface area contributed by atoms with Crippen molar-refractivity contribution in [2.24, 2.45) is 0 Å². The Bertz CT molecular complexity index is 872. The number of carbonyl (C=O) groups is 2. The van der Waals surface area contributed by atoms with Crippen LogP contribution in [0.2, 0.25) is 0 Å². The molecule has 0 saturated carbocycles. The van der Waals surface area contributed by atoms with Gasteiger partial charge in [0.25, 0.3) is 5.91 Å². The number of aromatic nitrogens is 1. The van der Waals surface area contributed by atoms with Gasteiger partial charge in [-0.2, -0.15) is 5.26 Å². The molecular formula is C18H19FN4O2. The van der Waals surface area contributed by atoms with Crippen LogP contribution in [0.1, 0.15) is 43.6 Å². The van der Waals surface area contributed by atoms with E-state index in [1.54, 1.807) is 10.8 Å². The second-order valence-electron chi connectivity index (χ2n) is 6.60. The molecule has 0 saturated heterocycles. The highest BCUT2D eigenvalue weighted by atomic mass is 19.1. The van der Waals surface area contributed by atoms with E-state index < -0.39 is 11.7 Å². The number of anilines is 2. The Morgan fingerprint density at radius 2 is 1.88 bits per heavy atom. The van der Waals surface area contributed by atoms with E-state index in [9.17, 15) is 14.0 Å². The fraction of sp³-hybridized carbons (Fsp3) is 0.278. The zero-order valence-electron chi connectivity index (χ0n) is 14.5. The predicted molar refractivity (Wildman–Crippen MR) is 92.8 cm³/mol. The Balaban J connectivity index is 2.36. The molecule has 25 heavy (non-hydrogen) atoms. The summed E-state index contributed by atoms with van der Waals surface area (Å²) in [7, 11) is 0. The van der Waals surface area contributed by atoms with Crippen molar-refractivity contribution >= 4 is 23.3 Å². The zero-order chi connectivity index (χ0) is 18.8. The second-order valence-corrected chi connectivity index (χ2v) is 6.60. The van der Waals surface area contributed by atoms with Crippen LogP contribution in [0.3, 0.4) is 0 Å². The fourth-order valence-corrected chi connectivity index (χ4v) is 2.34. The van der Waals surface area contributed by atoms with Crippen molar-refractivity contribution in [3.05, 3.63) is 47.4 Å². The van der Waals surface area contributed by atoms with Crippen LogP contribution in [0.25, 0.3) is 0 Å². The molecule has 2 amide bonds. The van der Waals surface area contributed by atoms with Crippen molar-refractivity contribution in [2.75, 3.05) is 10.6 Å². The average molecular weight is 342 g/mol. The molecule has 1 aromatic carbocycles. The molecule has 2 rings (SSSR count). The Kier molecular flexibility index (Phi) is 4.93. The lowest BCUT2D eigenvalue weighted by Gasteiger charge is -2.24. The monoisotopic (exact) mass is 342 g/mol. The topological polar surface area (TPSA) is 86.9 Å². The van der Waals surface area contributed by atoms with E-state index in [0.29, 0.717) is 17.1 Å². The van der Waals surface area contributed by atoms with Crippen molar-refractivity contribution in [1.82, 2.24) is 4.57 Å². The van der Waals surface area contributed by atoms with Crippen LogP contribution in [0.15, 0.2) is 30.5 Å². The average Bonchev–Trinajstić information content (AvgIpc) is 2.91. The first-order valence-electron chi connectivity index (χ1n) is 7.63. The molecule has 0 atom stereocenters. The maximum absolute atomic E-state index is 14.0. The molecule has 1 heterocycles. The molecule has 0 radical (unpaired) electrons. The molecule has 1 aromatic heterocycles. The number of benzene rings is 1. The number of amides is 2. The first-order valence-corrected chi connectivity index (χ1v) is 7.63. The van der Waals surface area contributed by atoms with Gasteiger partial charge in [-0.25, -0.2) is 4.39 Å². The van der Waals surface area contributed by atoms with Crippen LogP contribution in [0.4, 0.5) is 15.9 Å². The molecule has 2 aromatic rings. The molecule has 0 fully saturated rings. The standard InChI is InChI=1S/C18H19FN4O2/c1-11(24)21-13-5-6-15(19)14(8-13)17(25)22-16-7-12(9-20)10-23(16)18(2,3)4/h5-8,10H,1-4H3,(H,21,24)(H,22,25). The summed E-state index contributed by atoms with van der Waals surface area (Å²) < 4.78 is 15.8. The summed E-state index contributed by atoms with van der Waals surface area (Å²) in [5.74, 6) is -1.31. The van der Waals surface area contributed by atoms with Crippen LogP contribution in [-0.4, -0.2) is 16.4 Å². The summed E-state index contributed by atoms with van der Waals surface area (Å²) in [6.45, 7) is 7.08. The van der Waals surface area contributed by atoms with Gasteiger partial charge >= 0.3 is 0 Å². The minimum Gasteiger partial charge on any atom is -0.328 e. The van der Waals surface area contributed by atoms with E-state index in [1.807, 2.05) is 26.8 Å². The van der Waals surface area contributed by atoms with Crippen molar-refractivity contribution < 1.29 is 14.0 Å². The first-order chi connectivity index (χ1) is 11.6. The lowest BCUT2D eigenvalue weighted by Crippen LogP contribution is -2.25. The first kappa shape index (κ1) is 18.2. The number of nitriles is 1. The van der Waals surface area contributed by atoms with E-state index in [-0.39, 0.29) is 17.0 Å². The molecular weight excluding hydrogens is 323 g/mol. The van der Waals surface area contributed by atoms with Crippen molar-refractivity contribution in [3.63, 3.8) is 0 Å². The largest absolute Gasteiger partial charge is 0.328 e. The second kappa shape index (κ2) is 6.77. The molecule has 7 heteroatoms.